The van der Waals surface area contributed by atoms with Crippen molar-refractivity contribution in [2.24, 2.45) is 0 Å². The van der Waals surface area contributed by atoms with Crippen LogP contribution in [0, 0.1) is 0 Å². The molecule has 0 bridgehead atoms. The third kappa shape index (κ3) is 2.60. The first-order chi connectivity index (χ1) is 4.74. The van der Waals surface area contributed by atoms with Crippen molar-refractivity contribution in [2.45, 2.75) is 13.3 Å². The van der Waals surface area contributed by atoms with Crippen molar-refractivity contribution in [2.75, 3.05) is 5.73 Å². The number of halogens is 2. The molecule has 1 rings (SSSR count). The monoisotopic (exact) mass is 191 g/mol. The van der Waals surface area contributed by atoms with Crippen molar-refractivity contribution in [3.63, 3.8) is 0 Å². The average Bonchev–Trinajstić information content (AvgIpc) is 1.94. The van der Waals surface area contributed by atoms with Crippen molar-refractivity contribution >= 4 is 29.7 Å². The standard InChI is InChI=1S/C8H10ClN.ClH/c1-2-6-5-7(9)3-4-8(6)10;/h3-5H,2,10H2,1H3;1H. The van der Waals surface area contributed by atoms with Gasteiger partial charge in [0.1, 0.15) is 0 Å². The fraction of sp³-hybridized carbons (Fsp3) is 0.250. The molecule has 0 aromatic heterocycles. The molecule has 0 unspecified atom stereocenters. The van der Waals surface area contributed by atoms with E-state index in [2.05, 4.69) is 6.92 Å². The number of nitrogen functional groups attached to an aromatic ring is 1. The highest BCUT2D eigenvalue weighted by Gasteiger charge is 1.95. The molecule has 1 aromatic rings. The molecule has 0 heterocycles. The summed E-state index contributed by atoms with van der Waals surface area (Å²) in [7, 11) is 0. The molecule has 0 saturated heterocycles. The van der Waals surface area contributed by atoms with Gasteiger partial charge in [-0.3, -0.25) is 0 Å². The molecule has 0 saturated carbocycles. The van der Waals surface area contributed by atoms with Crippen molar-refractivity contribution in [1.29, 1.82) is 0 Å². The molecule has 11 heavy (non-hydrogen) atoms. The van der Waals surface area contributed by atoms with Crippen LogP contribution in [-0.4, -0.2) is 0 Å². The molecular formula is C8H11Cl2N. The summed E-state index contributed by atoms with van der Waals surface area (Å²) in [4.78, 5) is 0. The van der Waals surface area contributed by atoms with Gasteiger partial charge in [0.15, 0.2) is 0 Å². The van der Waals surface area contributed by atoms with E-state index >= 15 is 0 Å². The predicted molar refractivity (Wildman–Crippen MR) is 52.5 cm³/mol. The van der Waals surface area contributed by atoms with Gasteiger partial charge in [0, 0.05) is 10.7 Å². The zero-order valence-electron chi connectivity index (χ0n) is 6.30. The van der Waals surface area contributed by atoms with Crippen molar-refractivity contribution in [3.05, 3.63) is 28.8 Å². The van der Waals surface area contributed by atoms with Crippen LogP contribution < -0.4 is 5.73 Å². The number of hydrogen-bond donors (Lipinski definition) is 1. The van der Waals surface area contributed by atoms with Crippen LogP contribution >= 0.6 is 24.0 Å². The SMILES string of the molecule is CCc1cc(Cl)ccc1N.Cl. The first kappa shape index (κ1) is 10.6. The number of rotatable bonds is 1. The summed E-state index contributed by atoms with van der Waals surface area (Å²) in [6, 6.07) is 5.54. The molecule has 0 amide bonds. The number of hydrogen-bond acceptors (Lipinski definition) is 1. The summed E-state index contributed by atoms with van der Waals surface area (Å²) < 4.78 is 0. The van der Waals surface area contributed by atoms with Gasteiger partial charge in [0.05, 0.1) is 0 Å². The van der Waals surface area contributed by atoms with E-state index in [0.29, 0.717) is 0 Å². The Hall–Kier alpha value is -0.400. The molecule has 0 radical (unpaired) electrons. The molecular weight excluding hydrogens is 181 g/mol. The Bertz CT molecular complexity index is 236. The molecule has 0 fully saturated rings. The Labute approximate surface area is 78.0 Å². The summed E-state index contributed by atoms with van der Waals surface area (Å²) in [5.41, 5.74) is 7.59. The summed E-state index contributed by atoms with van der Waals surface area (Å²) >= 11 is 5.74. The Morgan fingerprint density at radius 3 is 2.55 bits per heavy atom. The van der Waals surface area contributed by atoms with E-state index in [0.717, 1.165) is 22.7 Å². The van der Waals surface area contributed by atoms with Crippen LogP contribution in [-0.2, 0) is 6.42 Å². The lowest BCUT2D eigenvalue weighted by Crippen LogP contribution is -1.91. The summed E-state index contributed by atoms with van der Waals surface area (Å²) in [6.45, 7) is 2.06. The highest BCUT2D eigenvalue weighted by Crippen LogP contribution is 2.17. The number of benzene rings is 1. The zero-order valence-corrected chi connectivity index (χ0v) is 7.88. The van der Waals surface area contributed by atoms with Gasteiger partial charge in [-0.1, -0.05) is 18.5 Å². The molecule has 2 N–H and O–H groups in total. The lowest BCUT2D eigenvalue weighted by molar-refractivity contribution is 1.14. The van der Waals surface area contributed by atoms with Crippen LogP contribution in [0.1, 0.15) is 12.5 Å². The third-order valence-corrected chi connectivity index (χ3v) is 1.72. The van der Waals surface area contributed by atoms with E-state index in [-0.39, 0.29) is 12.4 Å². The second-order valence-corrected chi connectivity index (χ2v) is 2.63. The molecule has 1 nitrogen and oxygen atoms in total. The minimum atomic E-state index is 0. The Morgan fingerprint density at radius 2 is 2.09 bits per heavy atom. The van der Waals surface area contributed by atoms with Crippen LogP contribution in [0.5, 0.6) is 0 Å². The minimum Gasteiger partial charge on any atom is -0.399 e. The van der Waals surface area contributed by atoms with Crippen LogP contribution in [0.3, 0.4) is 0 Å². The Morgan fingerprint density at radius 1 is 1.45 bits per heavy atom. The first-order valence-electron chi connectivity index (χ1n) is 3.28. The van der Waals surface area contributed by atoms with E-state index in [4.69, 9.17) is 17.3 Å². The average molecular weight is 192 g/mol. The smallest absolute Gasteiger partial charge is 0.0410 e. The third-order valence-electron chi connectivity index (χ3n) is 1.49. The number of anilines is 1. The van der Waals surface area contributed by atoms with E-state index < -0.39 is 0 Å². The maximum absolute atomic E-state index is 5.74. The number of aryl methyl sites for hydroxylation is 1. The van der Waals surface area contributed by atoms with Crippen LogP contribution in [0.25, 0.3) is 0 Å². The minimum absolute atomic E-state index is 0. The summed E-state index contributed by atoms with van der Waals surface area (Å²) in [5, 5.41) is 0.756. The predicted octanol–water partition coefficient (Wildman–Crippen LogP) is 2.91. The fourth-order valence-electron chi connectivity index (χ4n) is 0.881. The van der Waals surface area contributed by atoms with E-state index in [1.54, 1.807) is 6.07 Å². The zero-order chi connectivity index (χ0) is 7.56. The van der Waals surface area contributed by atoms with Crippen LogP contribution in [0.4, 0.5) is 5.69 Å². The van der Waals surface area contributed by atoms with Crippen LogP contribution in [0.15, 0.2) is 18.2 Å². The van der Waals surface area contributed by atoms with E-state index in [1.165, 1.54) is 0 Å². The van der Waals surface area contributed by atoms with Crippen molar-refractivity contribution in [1.82, 2.24) is 0 Å². The topological polar surface area (TPSA) is 26.0 Å². The first-order valence-corrected chi connectivity index (χ1v) is 3.65. The van der Waals surface area contributed by atoms with E-state index in [1.807, 2.05) is 12.1 Å². The fourth-order valence-corrected chi connectivity index (χ4v) is 1.08. The van der Waals surface area contributed by atoms with Gasteiger partial charge in [0.2, 0.25) is 0 Å². The van der Waals surface area contributed by atoms with Gasteiger partial charge >= 0.3 is 0 Å². The molecule has 0 aliphatic carbocycles. The molecule has 0 aliphatic rings. The maximum Gasteiger partial charge on any atom is 0.0410 e. The van der Waals surface area contributed by atoms with Gasteiger partial charge in [-0.15, -0.1) is 12.4 Å². The van der Waals surface area contributed by atoms with Gasteiger partial charge in [0.25, 0.3) is 0 Å². The Balaban J connectivity index is 0.000001000. The molecule has 3 heteroatoms. The molecule has 0 spiro atoms. The molecule has 0 atom stereocenters. The highest BCUT2D eigenvalue weighted by molar-refractivity contribution is 6.30. The maximum atomic E-state index is 5.74. The van der Waals surface area contributed by atoms with Gasteiger partial charge in [-0.05, 0) is 30.2 Å². The van der Waals surface area contributed by atoms with Gasteiger partial charge in [-0.2, -0.15) is 0 Å². The summed E-state index contributed by atoms with van der Waals surface area (Å²) in [5.74, 6) is 0. The molecule has 0 aliphatic heterocycles. The van der Waals surface area contributed by atoms with Gasteiger partial charge < -0.3 is 5.73 Å². The quantitative estimate of drug-likeness (QED) is 0.680. The largest absolute Gasteiger partial charge is 0.399 e. The van der Waals surface area contributed by atoms with E-state index in [9.17, 15) is 0 Å². The second kappa shape index (κ2) is 4.47. The normalized spacial score (nSPS) is 8.91. The number of nitrogens with two attached hydrogens (primary N) is 1. The lowest BCUT2D eigenvalue weighted by Gasteiger charge is -2.01. The summed E-state index contributed by atoms with van der Waals surface area (Å²) in [6.07, 6.45) is 0.937. The molecule has 1 aromatic carbocycles. The van der Waals surface area contributed by atoms with Crippen molar-refractivity contribution < 1.29 is 0 Å². The van der Waals surface area contributed by atoms with Crippen LogP contribution in [0.2, 0.25) is 5.02 Å². The lowest BCUT2D eigenvalue weighted by atomic mass is 10.1. The second-order valence-electron chi connectivity index (χ2n) is 2.20. The molecule has 62 valence electrons. The Kier molecular flexibility index (Phi) is 4.31. The highest BCUT2D eigenvalue weighted by atomic mass is 35.5. The van der Waals surface area contributed by atoms with Gasteiger partial charge in [-0.25, -0.2) is 0 Å². The van der Waals surface area contributed by atoms with Crippen molar-refractivity contribution in [3.8, 4) is 0 Å².